The quantitative estimate of drug-likeness (QED) is 0.567. The summed E-state index contributed by atoms with van der Waals surface area (Å²) in [6, 6.07) is 12.0. The SMILES string of the molecule is CC.COCC1CO1.[CH3-].[W].c1ccccc1. The first-order chi connectivity index (χ1) is 6.93. The standard InChI is InChI=1S/C6H6.C4H8O2.C2H6.CH3.W/c1-2-4-6-5-3-1;1-5-2-4-3-6-4;1-2;;/h1-6H;4H,2-3H2,1H3;1-2H3;1H3;/q;;;-1;. The van der Waals surface area contributed by atoms with E-state index in [1.165, 1.54) is 0 Å². The maximum Gasteiger partial charge on any atom is 0.104 e. The Bertz CT molecular complexity index is 162. The van der Waals surface area contributed by atoms with Crippen molar-refractivity contribution in [1.29, 1.82) is 0 Å². The molecule has 2 rings (SSSR count). The fraction of sp³-hybridized carbons (Fsp3) is 0.462. The van der Waals surface area contributed by atoms with E-state index in [2.05, 4.69) is 0 Å². The van der Waals surface area contributed by atoms with Crippen molar-refractivity contribution in [2.45, 2.75) is 20.0 Å². The van der Waals surface area contributed by atoms with Gasteiger partial charge in [-0.25, -0.2) is 0 Å². The van der Waals surface area contributed by atoms with Gasteiger partial charge < -0.3 is 16.9 Å². The van der Waals surface area contributed by atoms with Crippen molar-refractivity contribution < 1.29 is 30.5 Å². The molecule has 0 aromatic heterocycles. The number of benzene rings is 1. The predicted molar refractivity (Wildman–Crippen MR) is 65.8 cm³/mol. The number of hydrogen-bond acceptors (Lipinski definition) is 2. The van der Waals surface area contributed by atoms with Crippen molar-refractivity contribution in [3.05, 3.63) is 43.8 Å². The Morgan fingerprint density at radius 2 is 1.38 bits per heavy atom. The molecule has 1 aliphatic rings. The third-order valence-electron chi connectivity index (χ3n) is 1.42. The largest absolute Gasteiger partial charge is 0.382 e. The molecule has 1 unspecified atom stereocenters. The summed E-state index contributed by atoms with van der Waals surface area (Å²) in [5, 5.41) is 0. The molecule has 94 valence electrons. The number of methoxy groups -OCH3 is 1. The van der Waals surface area contributed by atoms with E-state index in [1.54, 1.807) is 7.11 Å². The zero-order valence-electron chi connectivity index (χ0n) is 10.7. The molecule has 0 aliphatic carbocycles. The molecule has 16 heavy (non-hydrogen) atoms. The van der Waals surface area contributed by atoms with Gasteiger partial charge in [-0.05, 0) is 0 Å². The second-order valence-electron chi connectivity index (χ2n) is 2.57. The van der Waals surface area contributed by atoms with E-state index in [1.807, 2.05) is 50.2 Å². The van der Waals surface area contributed by atoms with Crippen molar-refractivity contribution in [3.63, 3.8) is 0 Å². The van der Waals surface area contributed by atoms with Crippen LogP contribution < -0.4 is 0 Å². The molecule has 0 radical (unpaired) electrons. The minimum atomic E-state index is 0. The third-order valence-corrected chi connectivity index (χ3v) is 1.42. The van der Waals surface area contributed by atoms with Crippen molar-refractivity contribution in [1.82, 2.24) is 0 Å². The van der Waals surface area contributed by atoms with Crippen LogP contribution in [-0.2, 0) is 30.5 Å². The van der Waals surface area contributed by atoms with Gasteiger partial charge in [-0.15, -0.1) is 0 Å². The Morgan fingerprint density at radius 3 is 1.50 bits per heavy atom. The molecule has 1 saturated heterocycles. The van der Waals surface area contributed by atoms with E-state index in [-0.39, 0.29) is 28.5 Å². The Kier molecular flexibility index (Phi) is 22.8. The molecule has 3 heteroatoms. The maximum absolute atomic E-state index is 4.82. The van der Waals surface area contributed by atoms with Gasteiger partial charge in [0.2, 0.25) is 0 Å². The van der Waals surface area contributed by atoms with Crippen LogP contribution in [0.15, 0.2) is 36.4 Å². The van der Waals surface area contributed by atoms with Gasteiger partial charge in [-0.3, -0.25) is 0 Å². The molecule has 1 heterocycles. The summed E-state index contributed by atoms with van der Waals surface area (Å²) in [5.74, 6) is 0. The normalized spacial score (nSPS) is 14.8. The average Bonchev–Trinajstić information content (AvgIpc) is 3.09. The average molecular weight is 395 g/mol. The molecule has 1 aromatic rings. The fourth-order valence-electron chi connectivity index (χ4n) is 0.735. The van der Waals surface area contributed by atoms with Crippen LogP contribution in [0.25, 0.3) is 0 Å². The van der Waals surface area contributed by atoms with E-state index in [4.69, 9.17) is 9.47 Å². The molecule has 0 amide bonds. The van der Waals surface area contributed by atoms with Gasteiger partial charge >= 0.3 is 0 Å². The summed E-state index contributed by atoms with van der Waals surface area (Å²) in [5.41, 5.74) is 0. The van der Waals surface area contributed by atoms with E-state index in [9.17, 15) is 0 Å². The van der Waals surface area contributed by atoms with Crippen molar-refractivity contribution in [2.24, 2.45) is 0 Å². The van der Waals surface area contributed by atoms with Crippen LogP contribution in [0.2, 0.25) is 0 Å². The summed E-state index contributed by atoms with van der Waals surface area (Å²) < 4.78 is 9.56. The Hall–Kier alpha value is -0.172. The molecule has 1 aliphatic heterocycles. The van der Waals surface area contributed by atoms with Gasteiger partial charge in [-0.1, -0.05) is 50.2 Å². The van der Waals surface area contributed by atoms with E-state index < -0.39 is 0 Å². The maximum atomic E-state index is 4.82. The predicted octanol–water partition coefficient (Wildman–Crippen LogP) is 3.19. The second kappa shape index (κ2) is 17.2. The number of hydrogen-bond donors (Lipinski definition) is 0. The fourth-order valence-corrected chi connectivity index (χ4v) is 0.735. The summed E-state index contributed by atoms with van der Waals surface area (Å²) in [6.07, 6.45) is 0.426. The zero-order valence-corrected chi connectivity index (χ0v) is 13.6. The van der Waals surface area contributed by atoms with E-state index in [0.29, 0.717) is 6.10 Å². The van der Waals surface area contributed by atoms with Gasteiger partial charge in [-0.2, -0.15) is 0 Å². The number of rotatable bonds is 2. The van der Waals surface area contributed by atoms with Crippen LogP contribution in [0.3, 0.4) is 0 Å². The van der Waals surface area contributed by atoms with Gasteiger partial charge in [0, 0.05) is 28.2 Å². The van der Waals surface area contributed by atoms with Crippen molar-refractivity contribution in [3.8, 4) is 0 Å². The molecule has 1 fully saturated rings. The molecule has 1 aromatic carbocycles. The molecule has 0 saturated carbocycles. The Balaban J connectivity index is -0.000000165. The van der Waals surface area contributed by atoms with Gasteiger partial charge in [0.25, 0.3) is 0 Å². The second-order valence-corrected chi connectivity index (χ2v) is 2.57. The van der Waals surface area contributed by atoms with Crippen molar-refractivity contribution >= 4 is 0 Å². The zero-order chi connectivity index (χ0) is 10.6. The van der Waals surface area contributed by atoms with Crippen LogP contribution >= 0.6 is 0 Å². The summed E-state index contributed by atoms with van der Waals surface area (Å²) >= 11 is 0. The first-order valence-corrected chi connectivity index (χ1v) is 5.04. The van der Waals surface area contributed by atoms with Gasteiger partial charge in [0.1, 0.15) is 6.10 Å². The first kappa shape index (κ1) is 21.1. The minimum absolute atomic E-state index is 0. The molecule has 0 spiro atoms. The number of ether oxygens (including phenoxy) is 2. The topological polar surface area (TPSA) is 21.8 Å². The van der Waals surface area contributed by atoms with Crippen LogP contribution in [-0.4, -0.2) is 26.4 Å². The monoisotopic (exact) mass is 395 g/mol. The van der Waals surface area contributed by atoms with Crippen LogP contribution in [0, 0.1) is 7.43 Å². The first-order valence-electron chi connectivity index (χ1n) is 5.04. The summed E-state index contributed by atoms with van der Waals surface area (Å²) in [4.78, 5) is 0. The molecular formula is C13H23O2W-. The van der Waals surface area contributed by atoms with E-state index >= 15 is 0 Å². The molecule has 0 N–H and O–H groups in total. The van der Waals surface area contributed by atoms with E-state index in [0.717, 1.165) is 13.2 Å². The smallest absolute Gasteiger partial charge is 0.104 e. The van der Waals surface area contributed by atoms with Crippen LogP contribution in [0.1, 0.15) is 13.8 Å². The van der Waals surface area contributed by atoms with Gasteiger partial charge in [0.15, 0.2) is 0 Å². The van der Waals surface area contributed by atoms with Crippen molar-refractivity contribution in [2.75, 3.05) is 20.3 Å². The van der Waals surface area contributed by atoms with Gasteiger partial charge in [0.05, 0.1) is 13.2 Å². The molecular weight excluding hydrogens is 372 g/mol. The number of epoxide rings is 1. The summed E-state index contributed by atoms with van der Waals surface area (Å²) in [6.45, 7) is 5.66. The van der Waals surface area contributed by atoms with Crippen LogP contribution in [0.4, 0.5) is 0 Å². The molecule has 0 bridgehead atoms. The summed E-state index contributed by atoms with van der Waals surface area (Å²) in [7, 11) is 1.68. The molecule has 1 atom stereocenters. The van der Waals surface area contributed by atoms with Crippen LogP contribution in [0.5, 0.6) is 0 Å². The Labute approximate surface area is 115 Å². The molecule has 2 nitrogen and oxygen atoms in total. The Morgan fingerprint density at radius 1 is 1.06 bits per heavy atom. The minimum Gasteiger partial charge on any atom is -0.382 e. The third kappa shape index (κ3) is 16.3.